The number of likely N-dealkylation sites (N-methyl/N-ethyl adjacent to an activating group) is 1. The van der Waals surface area contributed by atoms with Gasteiger partial charge in [-0.15, -0.1) is 24.0 Å². The second kappa shape index (κ2) is 13.6. The highest BCUT2D eigenvalue weighted by Crippen LogP contribution is 2.14. The Morgan fingerprint density at radius 1 is 1.17 bits per heavy atom. The van der Waals surface area contributed by atoms with Crippen LogP contribution < -0.4 is 20.5 Å². The molecule has 0 unspecified atom stereocenters. The number of halogens is 2. The molecular weight excluding hydrogens is 502 g/mol. The van der Waals surface area contributed by atoms with Crippen molar-refractivity contribution in [2.45, 2.75) is 13.5 Å². The molecule has 164 valence electrons. The number of amides is 1. The molecule has 2 aromatic rings. The van der Waals surface area contributed by atoms with Gasteiger partial charge in [0.2, 0.25) is 0 Å². The number of nitrogens with one attached hydrogen (secondary N) is 1. The Kier molecular flexibility index (Phi) is 11.6. The van der Waals surface area contributed by atoms with E-state index in [0.717, 1.165) is 18.1 Å². The van der Waals surface area contributed by atoms with Crippen molar-refractivity contribution in [3.05, 3.63) is 59.9 Å². The van der Waals surface area contributed by atoms with Gasteiger partial charge in [0.25, 0.3) is 5.91 Å². The van der Waals surface area contributed by atoms with Gasteiger partial charge >= 0.3 is 0 Å². The second-order valence-electron chi connectivity index (χ2n) is 6.30. The zero-order valence-corrected chi connectivity index (χ0v) is 19.5. The molecule has 0 aliphatic rings. The minimum absolute atomic E-state index is 0. The summed E-state index contributed by atoms with van der Waals surface area (Å²) in [6.07, 6.45) is 0. The fraction of sp³-hybridized carbons (Fsp3) is 0.333. The van der Waals surface area contributed by atoms with Gasteiger partial charge in [0.05, 0.1) is 13.1 Å². The van der Waals surface area contributed by atoms with E-state index >= 15 is 0 Å². The number of primary amides is 1. The van der Waals surface area contributed by atoms with Gasteiger partial charge in [0, 0.05) is 13.6 Å². The van der Waals surface area contributed by atoms with Crippen LogP contribution in [-0.2, 0) is 11.3 Å². The van der Waals surface area contributed by atoms with Crippen molar-refractivity contribution in [2.24, 2.45) is 10.7 Å². The molecule has 0 fully saturated rings. The average molecular weight is 530 g/mol. The molecule has 30 heavy (non-hydrogen) atoms. The second-order valence-corrected chi connectivity index (χ2v) is 6.30. The third-order valence-corrected chi connectivity index (χ3v) is 3.90. The molecule has 0 aliphatic heterocycles. The van der Waals surface area contributed by atoms with Crippen molar-refractivity contribution in [1.82, 2.24) is 10.2 Å². The van der Waals surface area contributed by atoms with Gasteiger partial charge in [-0.25, -0.2) is 9.38 Å². The number of nitrogens with two attached hydrogens (primary N) is 1. The van der Waals surface area contributed by atoms with E-state index in [1.165, 1.54) is 12.1 Å². The lowest BCUT2D eigenvalue weighted by Crippen LogP contribution is -2.40. The topological polar surface area (TPSA) is 89.2 Å². The monoisotopic (exact) mass is 530 g/mol. The first-order chi connectivity index (χ1) is 14.0. The summed E-state index contributed by atoms with van der Waals surface area (Å²) in [6.45, 7) is 4.04. The number of guanidine groups is 1. The van der Waals surface area contributed by atoms with E-state index in [1.54, 1.807) is 18.2 Å². The smallest absolute Gasteiger partial charge is 0.255 e. The molecule has 0 aliphatic carbocycles. The zero-order valence-electron chi connectivity index (χ0n) is 17.1. The Balaban J connectivity index is 0.00000450. The number of rotatable bonds is 10. The van der Waals surface area contributed by atoms with Crippen LogP contribution in [0.3, 0.4) is 0 Å². The van der Waals surface area contributed by atoms with E-state index in [9.17, 15) is 9.18 Å². The summed E-state index contributed by atoms with van der Waals surface area (Å²) in [5, 5.41) is 3.24. The lowest BCUT2D eigenvalue weighted by molar-refractivity contribution is -0.119. The van der Waals surface area contributed by atoms with E-state index < -0.39 is 5.91 Å². The predicted molar refractivity (Wildman–Crippen MR) is 126 cm³/mol. The number of benzene rings is 2. The summed E-state index contributed by atoms with van der Waals surface area (Å²) >= 11 is 0. The number of ether oxygens (including phenoxy) is 2. The standard InChI is InChI=1S/C21H27FN4O3.HI/c1-3-24-21(26(2)11-12-28-18-9-7-17(22)8-10-18)25-14-16-5-4-6-19(13-16)29-15-20(23)27;/h4-10,13H,3,11-12,14-15H2,1-2H3,(H2,23,27)(H,24,25);1H. The molecule has 2 aromatic carbocycles. The van der Waals surface area contributed by atoms with Crippen molar-refractivity contribution in [2.75, 3.05) is 33.4 Å². The summed E-state index contributed by atoms with van der Waals surface area (Å²) < 4.78 is 23.9. The fourth-order valence-electron chi connectivity index (χ4n) is 2.46. The van der Waals surface area contributed by atoms with Crippen molar-refractivity contribution in [3.8, 4) is 11.5 Å². The fourth-order valence-corrected chi connectivity index (χ4v) is 2.46. The van der Waals surface area contributed by atoms with Crippen molar-refractivity contribution < 1.29 is 18.7 Å². The number of carbonyl (C=O) groups is 1. The van der Waals surface area contributed by atoms with Crippen LogP contribution in [0.25, 0.3) is 0 Å². The Morgan fingerprint density at radius 2 is 1.90 bits per heavy atom. The predicted octanol–water partition coefficient (Wildman–Crippen LogP) is 2.78. The minimum Gasteiger partial charge on any atom is -0.492 e. The van der Waals surface area contributed by atoms with Crippen LogP contribution in [0.4, 0.5) is 4.39 Å². The molecule has 0 bridgehead atoms. The maximum atomic E-state index is 12.9. The summed E-state index contributed by atoms with van der Waals surface area (Å²) in [4.78, 5) is 17.4. The van der Waals surface area contributed by atoms with Gasteiger partial charge in [-0.2, -0.15) is 0 Å². The molecule has 0 radical (unpaired) electrons. The average Bonchev–Trinajstić information content (AvgIpc) is 2.71. The highest BCUT2D eigenvalue weighted by atomic mass is 127. The van der Waals surface area contributed by atoms with Crippen molar-refractivity contribution in [1.29, 1.82) is 0 Å². The quantitative estimate of drug-likeness (QED) is 0.280. The number of hydrogen-bond acceptors (Lipinski definition) is 4. The Bertz CT molecular complexity index is 818. The third-order valence-electron chi connectivity index (χ3n) is 3.90. The molecule has 2 rings (SSSR count). The van der Waals surface area contributed by atoms with Crippen LogP contribution in [0.1, 0.15) is 12.5 Å². The molecular formula is C21H28FIN4O3. The molecule has 7 nitrogen and oxygen atoms in total. The van der Waals surface area contributed by atoms with E-state index in [1.807, 2.05) is 37.1 Å². The van der Waals surface area contributed by atoms with Crippen molar-refractivity contribution in [3.63, 3.8) is 0 Å². The minimum atomic E-state index is -0.521. The summed E-state index contributed by atoms with van der Waals surface area (Å²) in [5.41, 5.74) is 6.04. The maximum absolute atomic E-state index is 12.9. The normalized spacial score (nSPS) is 10.7. The zero-order chi connectivity index (χ0) is 21.1. The largest absolute Gasteiger partial charge is 0.492 e. The third kappa shape index (κ3) is 9.29. The molecule has 0 saturated carbocycles. The number of hydrogen-bond donors (Lipinski definition) is 2. The van der Waals surface area contributed by atoms with Crippen LogP contribution in [0.15, 0.2) is 53.5 Å². The van der Waals surface area contributed by atoms with Crippen LogP contribution in [-0.4, -0.2) is 50.1 Å². The molecule has 0 saturated heterocycles. The van der Waals surface area contributed by atoms with Crippen LogP contribution in [0.2, 0.25) is 0 Å². The highest BCUT2D eigenvalue weighted by Gasteiger charge is 2.07. The molecule has 9 heteroatoms. The molecule has 0 aromatic heterocycles. The first-order valence-corrected chi connectivity index (χ1v) is 9.35. The summed E-state index contributed by atoms with van der Waals surface area (Å²) in [6, 6.07) is 13.3. The van der Waals surface area contributed by atoms with Crippen LogP contribution in [0, 0.1) is 5.82 Å². The lowest BCUT2D eigenvalue weighted by atomic mass is 10.2. The summed E-state index contributed by atoms with van der Waals surface area (Å²) in [5.74, 6) is 1.11. The van der Waals surface area contributed by atoms with Crippen molar-refractivity contribution >= 4 is 35.8 Å². The summed E-state index contributed by atoms with van der Waals surface area (Å²) in [7, 11) is 1.92. The van der Waals surface area contributed by atoms with Gasteiger partial charge in [-0.1, -0.05) is 12.1 Å². The van der Waals surface area contributed by atoms with E-state index in [-0.39, 0.29) is 36.4 Å². The Morgan fingerprint density at radius 3 is 2.57 bits per heavy atom. The highest BCUT2D eigenvalue weighted by molar-refractivity contribution is 14.0. The molecule has 1 amide bonds. The van der Waals surface area contributed by atoms with Crippen LogP contribution in [0.5, 0.6) is 11.5 Å². The number of nitrogens with zero attached hydrogens (tertiary/aromatic N) is 2. The molecule has 3 N–H and O–H groups in total. The van der Waals surface area contributed by atoms with Gasteiger partial charge < -0.3 is 25.4 Å². The van der Waals surface area contributed by atoms with Crippen LogP contribution >= 0.6 is 24.0 Å². The molecule has 0 atom stereocenters. The van der Waals surface area contributed by atoms with E-state index in [4.69, 9.17) is 15.2 Å². The van der Waals surface area contributed by atoms with Gasteiger partial charge in [-0.05, 0) is 48.9 Å². The molecule has 0 heterocycles. The van der Waals surface area contributed by atoms with Gasteiger partial charge in [0.1, 0.15) is 23.9 Å². The van der Waals surface area contributed by atoms with E-state index in [0.29, 0.717) is 31.2 Å². The Labute approximate surface area is 193 Å². The number of carbonyl (C=O) groups excluding carboxylic acids is 1. The Hall–Kier alpha value is -2.56. The van der Waals surface area contributed by atoms with E-state index in [2.05, 4.69) is 10.3 Å². The first-order valence-electron chi connectivity index (χ1n) is 9.35. The number of aliphatic imine (C=N–C) groups is 1. The van der Waals surface area contributed by atoms with Gasteiger partial charge in [0.15, 0.2) is 12.6 Å². The maximum Gasteiger partial charge on any atom is 0.255 e. The lowest BCUT2D eigenvalue weighted by Gasteiger charge is -2.22. The first kappa shape index (κ1) is 25.5. The SMILES string of the molecule is CCNC(=NCc1cccc(OCC(N)=O)c1)N(C)CCOc1ccc(F)cc1.I. The molecule has 0 spiro atoms. The van der Waals surface area contributed by atoms with Gasteiger partial charge in [-0.3, -0.25) is 4.79 Å².